The Morgan fingerprint density at radius 2 is 1.85 bits per heavy atom. The highest BCUT2D eigenvalue weighted by Gasteiger charge is 2.59. The molecule has 3 aromatic carbocycles. The molecule has 174 valence electrons. The lowest BCUT2D eigenvalue weighted by molar-refractivity contribution is -0.130. The van der Waals surface area contributed by atoms with Crippen molar-refractivity contribution >= 4 is 46.2 Å². The van der Waals surface area contributed by atoms with Crippen molar-refractivity contribution in [1.29, 1.82) is 0 Å². The van der Waals surface area contributed by atoms with Gasteiger partial charge in [0.25, 0.3) is 0 Å². The van der Waals surface area contributed by atoms with Crippen LogP contribution in [0.2, 0.25) is 5.02 Å². The average molecular weight is 494 g/mol. The molecule has 3 atom stereocenters. The Labute approximate surface area is 208 Å². The van der Waals surface area contributed by atoms with Crippen LogP contribution in [-0.2, 0) is 4.79 Å². The lowest BCUT2D eigenvalue weighted by Gasteiger charge is -2.56. The Kier molecular flexibility index (Phi) is 5.62. The fourth-order valence-corrected chi connectivity index (χ4v) is 5.31. The van der Waals surface area contributed by atoms with E-state index in [9.17, 15) is 4.79 Å². The highest BCUT2D eigenvalue weighted by atomic mass is 35.5. The van der Waals surface area contributed by atoms with Crippen LogP contribution in [0.15, 0.2) is 66.7 Å². The van der Waals surface area contributed by atoms with Crippen LogP contribution in [0.5, 0.6) is 11.5 Å². The minimum Gasteiger partial charge on any atom is -0.493 e. The lowest BCUT2D eigenvalue weighted by Crippen LogP contribution is -2.72. The third kappa shape index (κ3) is 3.65. The van der Waals surface area contributed by atoms with Gasteiger partial charge in [-0.15, -0.1) is 0 Å². The number of ether oxygens (including phenoxy) is 2. The topological polar surface area (TPSA) is 62.8 Å². The first-order valence-corrected chi connectivity index (χ1v) is 11.7. The van der Waals surface area contributed by atoms with Gasteiger partial charge in [0, 0.05) is 22.0 Å². The largest absolute Gasteiger partial charge is 0.493 e. The number of anilines is 2. The summed E-state index contributed by atoms with van der Waals surface area (Å²) < 4.78 is 12.3. The number of rotatable bonds is 4. The van der Waals surface area contributed by atoms with Crippen LogP contribution in [0.3, 0.4) is 0 Å². The van der Waals surface area contributed by atoms with Crippen molar-refractivity contribution in [1.82, 2.24) is 5.32 Å². The fourth-order valence-electron chi connectivity index (χ4n) is 4.77. The van der Waals surface area contributed by atoms with Crippen LogP contribution in [0.1, 0.15) is 24.1 Å². The zero-order chi connectivity index (χ0) is 24.0. The number of halogens is 1. The van der Waals surface area contributed by atoms with Gasteiger partial charge in [0.05, 0.1) is 13.2 Å². The second-order valence-electron chi connectivity index (χ2n) is 8.61. The van der Waals surface area contributed by atoms with E-state index in [4.69, 9.17) is 33.3 Å². The summed E-state index contributed by atoms with van der Waals surface area (Å²) in [6.07, 6.45) is 0. The van der Waals surface area contributed by atoms with E-state index in [1.807, 2.05) is 61.2 Å². The van der Waals surface area contributed by atoms with Gasteiger partial charge in [-0.25, -0.2) is 0 Å². The summed E-state index contributed by atoms with van der Waals surface area (Å²) in [7, 11) is 1.60. The number of benzene rings is 3. The zero-order valence-electron chi connectivity index (χ0n) is 19.0. The quantitative estimate of drug-likeness (QED) is 0.471. The molecule has 0 aromatic heterocycles. The number of amides is 1. The predicted octanol–water partition coefficient (Wildman–Crippen LogP) is 5.46. The first-order chi connectivity index (χ1) is 16.3. The number of carbonyl (C=O) groups is 1. The van der Waals surface area contributed by atoms with Crippen molar-refractivity contribution in [2.24, 2.45) is 5.92 Å². The zero-order valence-corrected chi connectivity index (χ0v) is 20.5. The molecular formula is C26H24ClN3O3S. The maximum Gasteiger partial charge on any atom is 0.236 e. The molecule has 2 aliphatic heterocycles. The van der Waals surface area contributed by atoms with Crippen LogP contribution in [0.25, 0.3) is 0 Å². The molecule has 2 aliphatic rings. The molecule has 1 amide bonds. The maximum absolute atomic E-state index is 13.8. The molecule has 5 rings (SSSR count). The van der Waals surface area contributed by atoms with Crippen molar-refractivity contribution in [3.05, 3.63) is 82.9 Å². The summed E-state index contributed by atoms with van der Waals surface area (Å²) in [4.78, 5) is 15.7. The number of carbonyl (C=O) groups excluding carboxylic acids is 1. The normalized spacial score (nSPS) is 22.8. The Balaban J connectivity index is 1.64. The van der Waals surface area contributed by atoms with Gasteiger partial charge in [-0.1, -0.05) is 41.4 Å². The van der Waals surface area contributed by atoms with Crippen LogP contribution >= 0.6 is 23.8 Å². The van der Waals surface area contributed by atoms with Crippen LogP contribution in [0.4, 0.5) is 11.4 Å². The van der Waals surface area contributed by atoms with Crippen molar-refractivity contribution in [2.75, 3.05) is 17.3 Å². The van der Waals surface area contributed by atoms with E-state index in [1.165, 1.54) is 0 Å². The molecule has 0 radical (unpaired) electrons. The highest BCUT2D eigenvalue weighted by molar-refractivity contribution is 7.80. The van der Waals surface area contributed by atoms with Gasteiger partial charge in [0.2, 0.25) is 5.91 Å². The van der Waals surface area contributed by atoms with Gasteiger partial charge in [0.15, 0.2) is 22.3 Å². The summed E-state index contributed by atoms with van der Waals surface area (Å²) in [6.45, 7) is 3.92. The molecule has 2 bridgehead atoms. The van der Waals surface area contributed by atoms with E-state index in [2.05, 4.69) is 10.6 Å². The number of hydrogen-bond donors (Lipinski definition) is 2. The van der Waals surface area contributed by atoms with Gasteiger partial charge in [-0.05, 0) is 68.5 Å². The van der Waals surface area contributed by atoms with Crippen molar-refractivity contribution in [3.63, 3.8) is 0 Å². The van der Waals surface area contributed by atoms with Gasteiger partial charge in [0.1, 0.15) is 5.92 Å². The number of para-hydroxylation sites is 1. The van der Waals surface area contributed by atoms with Crippen LogP contribution < -0.4 is 25.0 Å². The van der Waals surface area contributed by atoms with E-state index >= 15 is 0 Å². The third-order valence-corrected chi connectivity index (χ3v) is 6.95. The molecular weight excluding hydrogens is 470 g/mol. The van der Waals surface area contributed by atoms with Crippen molar-refractivity contribution < 1.29 is 14.3 Å². The van der Waals surface area contributed by atoms with Crippen molar-refractivity contribution in [2.45, 2.75) is 25.6 Å². The first-order valence-electron chi connectivity index (χ1n) is 10.9. The Hall–Kier alpha value is -3.29. The average Bonchev–Trinajstić information content (AvgIpc) is 2.81. The minimum absolute atomic E-state index is 0.199. The molecule has 0 spiro atoms. The Bertz CT molecular complexity index is 1270. The molecule has 0 saturated carbocycles. The summed E-state index contributed by atoms with van der Waals surface area (Å²) in [5.74, 6) is 0.357. The van der Waals surface area contributed by atoms with Gasteiger partial charge in [-0.3, -0.25) is 9.69 Å². The number of thiocarbonyl (C=S) groups is 1. The number of nitrogens with one attached hydrogen (secondary N) is 2. The molecule has 6 nitrogen and oxygen atoms in total. The summed E-state index contributed by atoms with van der Waals surface area (Å²) in [6, 6.07) is 20.2. The molecule has 2 N–H and O–H groups in total. The fraction of sp³-hybridized carbons (Fsp3) is 0.231. The molecule has 34 heavy (non-hydrogen) atoms. The second-order valence-corrected chi connectivity index (χ2v) is 9.43. The SMILES string of the molecule is COc1cccc2c1O[C@@]1(C)[C@H](C(=O)Nc3ccc(Cl)cc3)[C@H]2NC(=S)N1c1ccc(C)cc1. The molecule has 3 aromatic rings. The molecule has 0 unspecified atom stereocenters. The monoisotopic (exact) mass is 493 g/mol. The number of aryl methyl sites for hydroxylation is 1. The van der Waals surface area contributed by atoms with E-state index in [0.29, 0.717) is 27.3 Å². The lowest BCUT2D eigenvalue weighted by atomic mass is 9.78. The van der Waals surface area contributed by atoms with Gasteiger partial charge >= 0.3 is 0 Å². The molecule has 8 heteroatoms. The summed E-state index contributed by atoms with van der Waals surface area (Å²) in [5, 5.41) is 7.52. The number of fused-ring (bicyclic) bond motifs is 4. The van der Waals surface area contributed by atoms with E-state index in [0.717, 1.165) is 16.8 Å². The summed E-state index contributed by atoms with van der Waals surface area (Å²) in [5.41, 5.74) is 2.29. The first kappa shape index (κ1) is 22.5. The highest BCUT2D eigenvalue weighted by Crippen LogP contribution is 2.52. The van der Waals surface area contributed by atoms with E-state index in [1.54, 1.807) is 31.4 Å². The van der Waals surface area contributed by atoms with Crippen LogP contribution in [0, 0.1) is 12.8 Å². The van der Waals surface area contributed by atoms with E-state index < -0.39 is 17.7 Å². The second kappa shape index (κ2) is 8.49. The molecule has 0 aliphatic carbocycles. The molecule has 1 fully saturated rings. The Morgan fingerprint density at radius 3 is 2.53 bits per heavy atom. The van der Waals surface area contributed by atoms with Gasteiger partial charge in [-0.2, -0.15) is 0 Å². The summed E-state index contributed by atoms with van der Waals surface area (Å²) >= 11 is 11.8. The van der Waals surface area contributed by atoms with Crippen molar-refractivity contribution in [3.8, 4) is 11.5 Å². The number of hydrogen-bond acceptors (Lipinski definition) is 4. The smallest absolute Gasteiger partial charge is 0.236 e. The Morgan fingerprint density at radius 1 is 1.15 bits per heavy atom. The predicted molar refractivity (Wildman–Crippen MR) is 138 cm³/mol. The minimum atomic E-state index is -1.12. The van der Waals surface area contributed by atoms with Crippen LogP contribution in [-0.4, -0.2) is 23.9 Å². The molecule has 1 saturated heterocycles. The molecule has 2 heterocycles. The number of methoxy groups -OCH3 is 1. The van der Waals surface area contributed by atoms with Gasteiger partial charge < -0.3 is 20.1 Å². The standard InChI is InChI=1S/C26H24ClN3O3S/c1-15-7-13-18(14-8-15)30-25(34)29-22-19-5-4-6-20(32-3)23(19)33-26(30,2)21(22)24(31)28-17-11-9-16(27)10-12-17/h4-14,21-22H,1-3H3,(H,28,31)(H,29,34)/t21-,22-,26-/m0/s1. The number of nitrogens with zero attached hydrogens (tertiary/aromatic N) is 1. The third-order valence-electron chi connectivity index (χ3n) is 6.40. The van der Waals surface area contributed by atoms with E-state index in [-0.39, 0.29) is 5.91 Å². The maximum atomic E-state index is 13.8.